The maximum atomic E-state index is 13.1. The highest BCUT2D eigenvalue weighted by molar-refractivity contribution is 7.92. The molecule has 0 fully saturated rings. The first kappa shape index (κ1) is 25.0. The molecule has 3 aromatic carbocycles. The minimum Gasteiger partial charge on any atom is -0.345 e. The molecule has 0 spiro atoms. The molecule has 0 radical (unpaired) electrons. The van der Waals surface area contributed by atoms with Crippen LogP contribution in [0.15, 0.2) is 78.9 Å². The predicted molar refractivity (Wildman–Crippen MR) is 134 cm³/mol. The quantitative estimate of drug-likeness (QED) is 0.537. The lowest BCUT2D eigenvalue weighted by atomic mass is 9.98. The summed E-state index contributed by atoms with van der Waals surface area (Å²) in [5, 5.41) is 2.98. The summed E-state index contributed by atoms with van der Waals surface area (Å²) >= 11 is 0. The molecule has 1 unspecified atom stereocenters. The van der Waals surface area contributed by atoms with Crippen molar-refractivity contribution >= 4 is 27.5 Å². The van der Waals surface area contributed by atoms with Crippen molar-refractivity contribution in [2.75, 3.05) is 31.2 Å². The van der Waals surface area contributed by atoms with Gasteiger partial charge < -0.3 is 10.2 Å². The van der Waals surface area contributed by atoms with E-state index in [1.807, 2.05) is 61.5 Å². The minimum atomic E-state index is -3.76. The highest BCUT2D eigenvalue weighted by Crippen LogP contribution is 2.23. The van der Waals surface area contributed by atoms with Gasteiger partial charge in [0.15, 0.2) is 0 Å². The molecular weight excluding hydrogens is 450 g/mol. The average Bonchev–Trinajstić information content (AvgIpc) is 2.81. The van der Waals surface area contributed by atoms with E-state index in [1.54, 1.807) is 26.2 Å². The van der Waals surface area contributed by atoms with Crippen LogP contribution < -0.4 is 9.62 Å². The molecule has 0 aliphatic heterocycles. The molecule has 0 saturated carbocycles. The van der Waals surface area contributed by atoms with Gasteiger partial charge in [0.25, 0.3) is 5.91 Å². The summed E-state index contributed by atoms with van der Waals surface area (Å²) in [6, 6.07) is 23.1. The van der Waals surface area contributed by atoms with E-state index in [2.05, 4.69) is 5.32 Å². The van der Waals surface area contributed by atoms with E-state index < -0.39 is 28.5 Å². The van der Waals surface area contributed by atoms with Crippen LogP contribution in [0.25, 0.3) is 0 Å². The van der Waals surface area contributed by atoms with Crippen molar-refractivity contribution in [2.24, 2.45) is 0 Å². The molecule has 0 aliphatic rings. The fourth-order valence-corrected chi connectivity index (χ4v) is 4.39. The van der Waals surface area contributed by atoms with Gasteiger partial charge in [-0.05, 0) is 42.3 Å². The van der Waals surface area contributed by atoms with Gasteiger partial charge in [-0.25, -0.2) is 8.42 Å². The lowest BCUT2D eigenvalue weighted by molar-refractivity contribution is -0.120. The third-order valence-corrected chi connectivity index (χ3v) is 6.49. The maximum absolute atomic E-state index is 13.1. The van der Waals surface area contributed by atoms with Gasteiger partial charge in [0.1, 0.15) is 6.54 Å². The van der Waals surface area contributed by atoms with Gasteiger partial charge in [-0.3, -0.25) is 13.9 Å². The van der Waals surface area contributed by atoms with Crippen LogP contribution in [0.5, 0.6) is 0 Å². The molecule has 3 aromatic rings. The van der Waals surface area contributed by atoms with Crippen LogP contribution in [-0.4, -0.2) is 52.0 Å². The number of carbonyl (C=O) groups excluding carboxylic acids is 2. The molecule has 8 heteroatoms. The first-order valence-corrected chi connectivity index (χ1v) is 12.6. The number of anilines is 1. The predicted octanol–water partition coefficient (Wildman–Crippen LogP) is 3.37. The van der Waals surface area contributed by atoms with Crippen molar-refractivity contribution in [3.63, 3.8) is 0 Å². The highest BCUT2D eigenvalue weighted by atomic mass is 32.2. The first-order chi connectivity index (χ1) is 16.1. The monoisotopic (exact) mass is 479 g/mol. The summed E-state index contributed by atoms with van der Waals surface area (Å²) in [5.41, 5.74) is 3.61. The molecule has 0 heterocycles. The Morgan fingerprint density at radius 3 is 1.94 bits per heavy atom. The van der Waals surface area contributed by atoms with E-state index in [0.29, 0.717) is 11.3 Å². The van der Waals surface area contributed by atoms with Crippen LogP contribution in [0.1, 0.15) is 33.1 Å². The molecule has 0 aliphatic carbocycles. The summed E-state index contributed by atoms with van der Waals surface area (Å²) in [6.45, 7) is 1.59. The highest BCUT2D eigenvalue weighted by Gasteiger charge is 2.24. The van der Waals surface area contributed by atoms with Crippen LogP contribution in [-0.2, 0) is 14.8 Å². The molecule has 2 amide bonds. The minimum absolute atomic E-state index is 0.195. The van der Waals surface area contributed by atoms with Crippen LogP contribution in [0.4, 0.5) is 5.69 Å². The number of aryl methyl sites for hydroxylation is 1. The van der Waals surface area contributed by atoms with Crippen molar-refractivity contribution in [3.05, 3.63) is 101 Å². The molecule has 0 bridgehead atoms. The van der Waals surface area contributed by atoms with Crippen molar-refractivity contribution in [1.82, 2.24) is 10.2 Å². The Hall–Kier alpha value is -3.65. The van der Waals surface area contributed by atoms with E-state index in [0.717, 1.165) is 27.3 Å². The summed E-state index contributed by atoms with van der Waals surface area (Å²) in [4.78, 5) is 26.7. The fourth-order valence-electron chi connectivity index (χ4n) is 3.53. The average molecular weight is 480 g/mol. The Morgan fingerprint density at radius 1 is 0.853 bits per heavy atom. The second-order valence-electron chi connectivity index (χ2n) is 8.34. The standard InChI is InChI=1S/C26H29N3O4S/c1-19-10-12-21(13-11-19)25(20-8-6-5-7-9-20)27-24(30)18-29(34(4,32)33)23-16-14-22(15-17-23)26(31)28(2)3/h5-17,25H,18H2,1-4H3,(H,27,30). The van der Waals surface area contributed by atoms with Crippen LogP contribution >= 0.6 is 0 Å². The summed E-state index contributed by atoms with van der Waals surface area (Å²) in [5.74, 6) is -0.646. The Morgan fingerprint density at radius 2 is 1.41 bits per heavy atom. The van der Waals surface area contributed by atoms with Gasteiger partial charge >= 0.3 is 0 Å². The van der Waals surface area contributed by atoms with Gasteiger partial charge in [-0.2, -0.15) is 0 Å². The topological polar surface area (TPSA) is 86.8 Å². The van der Waals surface area contributed by atoms with Crippen molar-refractivity contribution in [2.45, 2.75) is 13.0 Å². The number of carbonyl (C=O) groups is 2. The molecule has 0 aromatic heterocycles. The van der Waals surface area contributed by atoms with E-state index >= 15 is 0 Å². The summed E-state index contributed by atoms with van der Waals surface area (Å²) in [6.07, 6.45) is 1.05. The second kappa shape index (κ2) is 10.5. The largest absolute Gasteiger partial charge is 0.345 e. The fraction of sp³-hybridized carbons (Fsp3) is 0.231. The molecule has 3 rings (SSSR count). The normalized spacial score (nSPS) is 12.0. The van der Waals surface area contributed by atoms with Crippen LogP contribution in [0.3, 0.4) is 0 Å². The number of nitrogens with zero attached hydrogens (tertiary/aromatic N) is 2. The number of hydrogen-bond donors (Lipinski definition) is 1. The number of nitrogens with one attached hydrogen (secondary N) is 1. The number of benzene rings is 3. The van der Waals surface area contributed by atoms with Gasteiger partial charge in [0, 0.05) is 19.7 Å². The number of hydrogen-bond acceptors (Lipinski definition) is 4. The van der Waals surface area contributed by atoms with Gasteiger partial charge in [0.05, 0.1) is 18.0 Å². The Kier molecular flexibility index (Phi) is 7.73. The lowest BCUT2D eigenvalue weighted by Gasteiger charge is -2.25. The first-order valence-electron chi connectivity index (χ1n) is 10.8. The molecule has 7 nitrogen and oxygen atoms in total. The number of amides is 2. The maximum Gasteiger partial charge on any atom is 0.253 e. The Bertz CT molecular complexity index is 1240. The second-order valence-corrected chi connectivity index (χ2v) is 10.2. The molecule has 0 saturated heterocycles. The Balaban J connectivity index is 1.86. The lowest BCUT2D eigenvalue weighted by Crippen LogP contribution is -2.41. The van der Waals surface area contributed by atoms with E-state index in [-0.39, 0.29) is 5.91 Å². The van der Waals surface area contributed by atoms with E-state index in [1.165, 1.54) is 17.0 Å². The molecule has 34 heavy (non-hydrogen) atoms. The summed E-state index contributed by atoms with van der Waals surface area (Å²) < 4.78 is 26.1. The number of sulfonamides is 1. The van der Waals surface area contributed by atoms with E-state index in [4.69, 9.17) is 0 Å². The molecule has 1 N–H and O–H groups in total. The zero-order valence-electron chi connectivity index (χ0n) is 19.7. The third kappa shape index (κ3) is 6.23. The van der Waals surface area contributed by atoms with Crippen molar-refractivity contribution in [3.8, 4) is 0 Å². The van der Waals surface area contributed by atoms with Crippen LogP contribution in [0, 0.1) is 6.92 Å². The molecular formula is C26H29N3O4S. The van der Waals surface area contributed by atoms with Crippen molar-refractivity contribution < 1.29 is 18.0 Å². The number of rotatable bonds is 8. The van der Waals surface area contributed by atoms with Gasteiger partial charge in [-0.1, -0.05) is 60.2 Å². The molecule has 1 atom stereocenters. The SMILES string of the molecule is Cc1ccc(C(NC(=O)CN(c2ccc(C(=O)N(C)C)cc2)S(C)(=O)=O)c2ccccc2)cc1. The smallest absolute Gasteiger partial charge is 0.253 e. The van der Waals surface area contributed by atoms with Gasteiger partial charge in [-0.15, -0.1) is 0 Å². The Labute approximate surface area is 201 Å². The van der Waals surface area contributed by atoms with Gasteiger partial charge in [0.2, 0.25) is 15.9 Å². The third-order valence-electron chi connectivity index (χ3n) is 5.34. The summed E-state index contributed by atoms with van der Waals surface area (Å²) in [7, 11) is -0.477. The zero-order chi connectivity index (χ0) is 24.9. The molecule has 178 valence electrons. The zero-order valence-corrected chi connectivity index (χ0v) is 20.5. The van der Waals surface area contributed by atoms with Crippen LogP contribution in [0.2, 0.25) is 0 Å². The van der Waals surface area contributed by atoms with E-state index in [9.17, 15) is 18.0 Å². The van der Waals surface area contributed by atoms with Crippen molar-refractivity contribution in [1.29, 1.82) is 0 Å².